The van der Waals surface area contributed by atoms with Crippen LogP contribution in [0.3, 0.4) is 0 Å². The monoisotopic (exact) mass is 401 g/mol. The molecule has 0 aliphatic carbocycles. The van der Waals surface area contributed by atoms with Crippen molar-refractivity contribution in [2.45, 2.75) is 19.3 Å². The van der Waals surface area contributed by atoms with Crippen LogP contribution >= 0.6 is 54.8 Å². The van der Waals surface area contributed by atoms with Crippen LogP contribution in [0.5, 0.6) is 0 Å². The second-order valence-electron chi connectivity index (χ2n) is 3.71. The molecule has 6 heteroatoms. The Balaban J connectivity index is 2.49. The maximum Gasteiger partial charge on any atom is 0.255 e. The standard InChI is InChI=1S/C11H14Br2ClNOS/c1-15(6-4-2-3-5-14)11(16)8-7-9(12)17-10(8)13/h7H,2-6H2,1H3. The van der Waals surface area contributed by atoms with Gasteiger partial charge in [0, 0.05) is 19.5 Å². The fourth-order valence-corrected chi connectivity index (χ4v) is 4.38. The number of hydrogen-bond donors (Lipinski definition) is 0. The summed E-state index contributed by atoms with van der Waals surface area (Å²) < 4.78 is 1.84. The van der Waals surface area contributed by atoms with Gasteiger partial charge < -0.3 is 4.90 Å². The summed E-state index contributed by atoms with van der Waals surface area (Å²) in [5, 5.41) is 0. The molecule has 0 aliphatic heterocycles. The van der Waals surface area contributed by atoms with E-state index in [0.29, 0.717) is 5.88 Å². The molecule has 0 bridgehead atoms. The first kappa shape index (κ1) is 15.5. The van der Waals surface area contributed by atoms with Crippen LogP contribution in [0.2, 0.25) is 0 Å². The average Bonchev–Trinajstić information content (AvgIpc) is 2.62. The van der Waals surface area contributed by atoms with Crippen molar-refractivity contribution < 1.29 is 4.79 Å². The van der Waals surface area contributed by atoms with Gasteiger partial charge in [-0.2, -0.15) is 0 Å². The summed E-state index contributed by atoms with van der Waals surface area (Å²) in [5.41, 5.74) is 0.724. The lowest BCUT2D eigenvalue weighted by molar-refractivity contribution is 0.0792. The molecule has 0 saturated heterocycles. The highest BCUT2D eigenvalue weighted by Crippen LogP contribution is 2.32. The van der Waals surface area contributed by atoms with E-state index in [2.05, 4.69) is 31.9 Å². The molecule has 1 heterocycles. The Morgan fingerprint density at radius 1 is 1.41 bits per heavy atom. The third kappa shape index (κ3) is 4.89. The van der Waals surface area contributed by atoms with E-state index in [1.54, 1.807) is 4.90 Å². The normalized spacial score (nSPS) is 10.6. The van der Waals surface area contributed by atoms with E-state index in [1.165, 1.54) is 11.3 Å². The highest BCUT2D eigenvalue weighted by atomic mass is 79.9. The average molecular weight is 404 g/mol. The lowest BCUT2D eigenvalue weighted by Gasteiger charge is -2.16. The quantitative estimate of drug-likeness (QED) is 0.496. The highest BCUT2D eigenvalue weighted by molar-refractivity contribution is 9.12. The predicted molar refractivity (Wildman–Crippen MR) is 81.3 cm³/mol. The van der Waals surface area contributed by atoms with Gasteiger partial charge in [-0.15, -0.1) is 22.9 Å². The third-order valence-corrected chi connectivity index (χ3v) is 4.97. The molecule has 0 saturated carbocycles. The summed E-state index contributed by atoms with van der Waals surface area (Å²) in [6, 6.07) is 1.85. The number of nitrogens with zero attached hydrogens (tertiary/aromatic N) is 1. The smallest absolute Gasteiger partial charge is 0.255 e. The Kier molecular flexibility index (Phi) is 7.07. The first-order chi connectivity index (χ1) is 8.06. The second kappa shape index (κ2) is 7.77. The van der Waals surface area contributed by atoms with Gasteiger partial charge in [0.2, 0.25) is 0 Å². The van der Waals surface area contributed by atoms with Crippen LogP contribution < -0.4 is 0 Å². The first-order valence-corrected chi connectivity index (χ1v) is 8.26. The lowest BCUT2D eigenvalue weighted by atomic mass is 10.2. The van der Waals surface area contributed by atoms with Crippen LogP contribution in [-0.2, 0) is 0 Å². The second-order valence-corrected chi connectivity index (χ2v) is 7.84. The van der Waals surface area contributed by atoms with Gasteiger partial charge in [-0.25, -0.2) is 0 Å². The molecular weight excluding hydrogens is 389 g/mol. The van der Waals surface area contributed by atoms with E-state index in [-0.39, 0.29) is 5.91 Å². The Morgan fingerprint density at radius 2 is 2.12 bits per heavy atom. The number of halogens is 3. The zero-order valence-corrected chi connectivity index (χ0v) is 14.3. The fraction of sp³-hybridized carbons (Fsp3) is 0.545. The molecule has 17 heavy (non-hydrogen) atoms. The molecule has 2 nitrogen and oxygen atoms in total. The summed E-state index contributed by atoms with van der Waals surface area (Å²) in [4.78, 5) is 13.9. The molecule has 1 amide bonds. The number of rotatable bonds is 6. The highest BCUT2D eigenvalue weighted by Gasteiger charge is 2.17. The maximum absolute atomic E-state index is 12.1. The Bertz CT molecular complexity index is 384. The van der Waals surface area contributed by atoms with E-state index in [9.17, 15) is 4.79 Å². The Morgan fingerprint density at radius 3 is 2.65 bits per heavy atom. The number of amides is 1. The van der Waals surface area contributed by atoms with Gasteiger partial charge >= 0.3 is 0 Å². The van der Waals surface area contributed by atoms with Crippen molar-refractivity contribution in [2.24, 2.45) is 0 Å². The van der Waals surface area contributed by atoms with Gasteiger partial charge in [-0.1, -0.05) is 6.42 Å². The van der Waals surface area contributed by atoms with Gasteiger partial charge in [0.15, 0.2) is 0 Å². The summed E-state index contributed by atoms with van der Waals surface area (Å²) >= 11 is 13.9. The maximum atomic E-state index is 12.1. The minimum absolute atomic E-state index is 0.0599. The summed E-state index contributed by atoms with van der Waals surface area (Å²) in [5.74, 6) is 0.755. The first-order valence-electron chi connectivity index (χ1n) is 5.32. The van der Waals surface area contributed by atoms with Crippen molar-refractivity contribution in [1.29, 1.82) is 0 Å². The molecule has 0 unspecified atom stereocenters. The summed E-state index contributed by atoms with van der Waals surface area (Å²) in [6.45, 7) is 0.773. The van der Waals surface area contributed by atoms with Gasteiger partial charge in [-0.05, 0) is 50.8 Å². The topological polar surface area (TPSA) is 20.3 Å². The zero-order valence-electron chi connectivity index (χ0n) is 9.51. The number of thiophene rings is 1. The van der Waals surface area contributed by atoms with Crippen LogP contribution in [0.15, 0.2) is 13.6 Å². The fourth-order valence-electron chi connectivity index (χ4n) is 1.41. The minimum Gasteiger partial charge on any atom is -0.342 e. The van der Waals surface area contributed by atoms with Crippen LogP contribution in [0.25, 0.3) is 0 Å². The number of alkyl halides is 1. The molecular formula is C11H14Br2ClNOS. The number of unbranched alkanes of at least 4 members (excludes halogenated alkanes) is 2. The molecule has 0 N–H and O–H groups in total. The SMILES string of the molecule is CN(CCCCCCl)C(=O)c1cc(Br)sc1Br. The molecule has 0 atom stereocenters. The van der Waals surface area contributed by atoms with Crippen molar-refractivity contribution in [3.8, 4) is 0 Å². The molecule has 0 aromatic carbocycles. The molecule has 96 valence electrons. The zero-order chi connectivity index (χ0) is 12.8. The van der Waals surface area contributed by atoms with Gasteiger partial charge in [0.05, 0.1) is 13.1 Å². The van der Waals surface area contributed by atoms with Gasteiger partial charge in [0.1, 0.15) is 0 Å². The van der Waals surface area contributed by atoms with Gasteiger partial charge in [-0.3, -0.25) is 4.79 Å². The molecule has 0 fully saturated rings. The molecule has 1 aromatic rings. The van der Waals surface area contributed by atoms with Crippen molar-refractivity contribution in [3.05, 3.63) is 19.2 Å². The number of carbonyl (C=O) groups excluding carboxylic acids is 1. The van der Waals surface area contributed by atoms with E-state index in [1.807, 2.05) is 13.1 Å². The van der Waals surface area contributed by atoms with E-state index in [4.69, 9.17) is 11.6 Å². The van der Waals surface area contributed by atoms with Crippen LogP contribution in [0.1, 0.15) is 29.6 Å². The van der Waals surface area contributed by atoms with E-state index < -0.39 is 0 Å². The summed E-state index contributed by atoms with van der Waals surface area (Å²) in [7, 11) is 1.83. The molecule has 0 spiro atoms. The van der Waals surface area contributed by atoms with Crippen LogP contribution in [-0.4, -0.2) is 30.3 Å². The number of hydrogen-bond acceptors (Lipinski definition) is 2. The van der Waals surface area contributed by atoms with Crippen molar-refractivity contribution >= 4 is 60.7 Å². The minimum atomic E-state index is 0.0599. The largest absolute Gasteiger partial charge is 0.342 e. The van der Waals surface area contributed by atoms with E-state index in [0.717, 1.165) is 38.9 Å². The van der Waals surface area contributed by atoms with Crippen molar-refractivity contribution in [1.82, 2.24) is 4.90 Å². The van der Waals surface area contributed by atoms with Crippen molar-refractivity contribution in [3.63, 3.8) is 0 Å². The van der Waals surface area contributed by atoms with E-state index >= 15 is 0 Å². The molecule has 1 aromatic heterocycles. The Labute approximate surface area is 128 Å². The predicted octanol–water partition coefficient (Wildman–Crippen LogP) is 4.75. The number of carbonyl (C=O) groups is 1. The lowest BCUT2D eigenvalue weighted by Crippen LogP contribution is -2.27. The molecule has 0 radical (unpaired) electrons. The Hall–Kier alpha value is 0.420. The van der Waals surface area contributed by atoms with Crippen LogP contribution in [0, 0.1) is 0 Å². The van der Waals surface area contributed by atoms with Gasteiger partial charge in [0.25, 0.3) is 5.91 Å². The van der Waals surface area contributed by atoms with Crippen molar-refractivity contribution in [2.75, 3.05) is 19.5 Å². The van der Waals surface area contributed by atoms with Crippen LogP contribution in [0.4, 0.5) is 0 Å². The molecule has 0 aliphatic rings. The molecule has 1 rings (SSSR count). The summed E-state index contributed by atoms with van der Waals surface area (Å²) in [6.07, 6.45) is 3.07. The third-order valence-electron chi connectivity index (χ3n) is 2.36.